The number of aryl methyl sites for hydroxylation is 2. The molecule has 25 heavy (non-hydrogen) atoms. The number of nitro benzene ring substituents is 1. The molecule has 0 spiro atoms. The van der Waals surface area contributed by atoms with Crippen LogP contribution in [0.5, 0.6) is 0 Å². The summed E-state index contributed by atoms with van der Waals surface area (Å²) in [5.41, 5.74) is 2.03. The number of carbonyl (C=O) groups is 1. The van der Waals surface area contributed by atoms with E-state index in [0.717, 1.165) is 0 Å². The fourth-order valence-corrected chi connectivity index (χ4v) is 2.47. The number of nitrogens with zero attached hydrogens (tertiary/aromatic N) is 4. The normalized spacial score (nSPS) is 10.5. The number of anilines is 1. The number of nitro groups is 1. The van der Waals surface area contributed by atoms with Gasteiger partial charge in [0.2, 0.25) is 0 Å². The predicted octanol–water partition coefficient (Wildman–Crippen LogP) is 2.95. The van der Waals surface area contributed by atoms with Crippen molar-refractivity contribution in [3.05, 3.63) is 70.0 Å². The van der Waals surface area contributed by atoms with Gasteiger partial charge >= 0.3 is 0 Å². The minimum absolute atomic E-state index is 0.127. The van der Waals surface area contributed by atoms with Crippen molar-refractivity contribution in [2.75, 3.05) is 5.32 Å². The van der Waals surface area contributed by atoms with Gasteiger partial charge in [0.05, 0.1) is 10.6 Å². The molecule has 8 heteroatoms. The van der Waals surface area contributed by atoms with E-state index in [0.29, 0.717) is 22.6 Å². The van der Waals surface area contributed by atoms with Gasteiger partial charge in [0.15, 0.2) is 5.82 Å². The number of rotatable bonds is 4. The summed E-state index contributed by atoms with van der Waals surface area (Å²) in [6, 6.07) is 11.4. The van der Waals surface area contributed by atoms with Crippen LogP contribution >= 0.6 is 0 Å². The fourth-order valence-electron chi connectivity index (χ4n) is 2.47. The van der Waals surface area contributed by atoms with Gasteiger partial charge in [0.1, 0.15) is 6.33 Å². The summed E-state index contributed by atoms with van der Waals surface area (Å²) in [6.07, 6.45) is 1.57. The van der Waals surface area contributed by atoms with Crippen LogP contribution in [-0.2, 0) is 7.05 Å². The Balaban J connectivity index is 1.97. The van der Waals surface area contributed by atoms with E-state index in [-0.39, 0.29) is 11.3 Å². The summed E-state index contributed by atoms with van der Waals surface area (Å²) in [6.45, 7) is 1.73. The van der Waals surface area contributed by atoms with E-state index in [4.69, 9.17) is 0 Å². The molecule has 0 atom stereocenters. The summed E-state index contributed by atoms with van der Waals surface area (Å²) < 4.78 is 1.74. The number of carbonyl (C=O) groups excluding carboxylic acids is 1. The van der Waals surface area contributed by atoms with Gasteiger partial charge in [0.25, 0.3) is 11.6 Å². The van der Waals surface area contributed by atoms with Gasteiger partial charge in [-0.1, -0.05) is 18.2 Å². The van der Waals surface area contributed by atoms with E-state index < -0.39 is 10.8 Å². The molecule has 1 heterocycles. The molecule has 0 aliphatic heterocycles. The molecule has 0 saturated heterocycles. The van der Waals surface area contributed by atoms with Crippen LogP contribution < -0.4 is 5.32 Å². The van der Waals surface area contributed by atoms with Crippen molar-refractivity contribution in [1.29, 1.82) is 0 Å². The van der Waals surface area contributed by atoms with E-state index in [1.165, 1.54) is 12.1 Å². The summed E-state index contributed by atoms with van der Waals surface area (Å²) in [4.78, 5) is 23.1. The topological polar surface area (TPSA) is 103 Å². The maximum Gasteiger partial charge on any atom is 0.270 e. The van der Waals surface area contributed by atoms with Crippen LogP contribution in [0.3, 0.4) is 0 Å². The molecular weight excluding hydrogens is 322 g/mol. The molecule has 126 valence electrons. The summed E-state index contributed by atoms with van der Waals surface area (Å²) in [5.74, 6) is 0.183. The second kappa shape index (κ2) is 6.52. The Hall–Kier alpha value is -3.55. The highest BCUT2D eigenvalue weighted by Crippen LogP contribution is 2.27. The SMILES string of the molecule is Cc1ccc([N+](=O)[O-])cc1C(=O)Nc1ccccc1-c1nncn1C. The first-order valence-corrected chi connectivity index (χ1v) is 7.47. The Morgan fingerprint density at radius 2 is 2.00 bits per heavy atom. The number of hydrogen-bond acceptors (Lipinski definition) is 5. The Labute approximate surface area is 143 Å². The van der Waals surface area contributed by atoms with Crippen LogP contribution in [0.1, 0.15) is 15.9 Å². The quantitative estimate of drug-likeness (QED) is 0.582. The molecule has 0 bridgehead atoms. The molecule has 0 aliphatic carbocycles. The zero-order chi connectivity index (χ0) is 18.0. The van der Waals surface area contributed by atoms with Gasteiger partial charge in [-0.2, -0.15) is 0 Å². The molecular formula is C17H15N5O3. The molecule has 2 aromatic carbocycles. The summed E-state index contributed by atoms with van der Waals surface area (Å²) in [5, 5.41) is 21.7. The Bertz CT molecular complexity index is 964. The summed E-state index contributed by atoms with van der Waals surface area (Å²) in [7, 11) is 1.80. The molecule has 0 radical (unpaired) electrons. The van der Waals surface area contributed by atoms with Crippen molar-refractivity contribution in [2.24, 2.45) is 7.05 Å². The Morgan fingerprint density at radius 1 is 1.24 bits per heavy atom. The number of nitrogens with one attached hydrogen (secondary N) is 1. The van der Waals surface area contributed by atoms with Gasteiger partial charge in [-0.05, 0) is 24.6 Å². The number of para-hydroxylation sites is 1. The minimum Gasteiger partial charge on any atom is -0.321 e. The van der Waals surface area contributed by atoms with E-state index in [9.17, 15) is 14.9 Å². The van der Waals surface area contributed by atoms with Crippen LogP contribution in [-0.4, -0.2) is 25.6 Å². The second-order valence-electron chi connectivity index (χ2n) is 5.52. The fraction of sp³-hybridized carbons (Fsp3) is 0.118. The third kappa shape index (κ3) is 3.23. The lowest BCUT2D eigenvalue weighted by Gasteiger charge is -2.11. The number of non-ortho nitro benzene ring substituents is 1. The van der Waals surface area contributed by atoms with Crippen molar-refractivity contribution in [2.45, 2.75) is 6.92 Å². The van der Waals surface area contributed by atoms with Crippen molar-refractivity contribution in [3.8, 4) is 11.4 Å². The van der Waals surface area contributed by atoms with Crippen molar-refractivity contribution < 1.29 is 9.72 Å². The number of aromatic nitrogens is 3. The van der Waals surface area contributed by atoms with Crippen molar-refractivity contribution in [3.63, 3.8) is 0 Å². The first-order valence-electron chi connectivity index (χ1n) is 7.47. The van der Waals surface area contributed by atoms with Crippen LogP contribution in [0.25, 0.3) is 11.4 Å². The van der Waals surface area contributed by atoms with E-state index in [2.05, 4.69) is 15.5 Å². The average Bonchev–Trinajstić information content (AvgIpc) is 3.01. The lowest BCUT2D eigenvalue weighted by atomic mass is 10.1. The molecule has 3 aromatic rings. The lowest BCUT2D eigenvalue weighted by Crippen LogP contribution is -2.14. The molecule has 0 fully saturated rings. The first-order chi connectivity index (χ1) is 12.0. The zero-order valence-corrected chi connectivity index (χ0v) is 13.6. The molecule has 8 nitrogen and oxygen atoms in total. The van der Waals surface area contributed by atoms with Crippen molar-refractivity contribution in [1.82, 2.24) is 14.8 Å². The molecule has 0 unspecified atom stereocenters. The number of hydrogen-bond donors (Lipinski definition) is 1. The highest BCUT2D eigenvalue weighted by molar-refractivity contribution is 6.07. The van der Waals surface area contributed by atoms with Gasteiger partial charge in [-0.3, -0.25) is 14.9 Å². The monoisotopic (exact) mass is 337 g/mol. The number of amides is 1. The first kappa shape index (κ1) is 16.3. The zero-order valence-electron chi connectivity index (χ0n) is 13.6. The van der Waals surface area contributed by atoms with E-state index in [1.54, 1.807) is 43.1 Å². The maximum atomic E-state index is 12.6. The number of benzene rings is 2. The third-order valence-corrected chi connectivity index (χ3v) is 3.80. The predicted molar refractivity (Wildman–Crippen MR) is 92.2 cm³/mol. The lowest BCUT2D eigenvalue weighted by molar-refractivity contribution is -0.384. The molecule has 0 saturated carbocycles. The maximum absolute atomic E-state index is 12.6. The molecule has 0 aliphatic rings. The smallest absolute Gasteiger partial charge is 0.270 e. The Morgan fingerprint density at radius 3 is 2.68 bits per heavy atom. The summed E-state index contributed by atoms with van der Waals surface area (Å²) >= 11 is 0. The van der Waals surface area contributed by atoms with Gasteiger partial charge in [-0.25, -0.2) is 0 Å². The largest absolute Gasteiger partial charge is 0.321 e. The highest BCUT2D eigenvalue weighted by Gasteiger charge is 2.17. The third-order valence-electron chi connectivity index (χ3n) is 3.80. The van der Waals surface area contributed by atoms with Crippen molar-refractivity contribution >= 4 is 17.3 Å². The van der Waals surface area contributed by atoms with Crippen LogP contribution in [0.2, 0.25) is 0 Å². The molecule has 1 aromatic heterocycles. The minimum atomic E-state index is -0.524. The van der Waals surface area contributed by atoms with E-state index >= 15 is 0 Å². The van der Waals surface area contributed by atoms with Gasteiger partial charge in [0, 0.05) is 30.3 Å². The van der Waals surface area contributed by atoms with Gasteiger partial charge in [-0.15, -0.1) is 10.2 Å². The molecule has 1 N–H and O–H groups in total. The van der Waals surface area contributed by atoms with Crippen LogP contribution in [0, 0.1) is 17.0 Å². The Kier molecular flexibility index (Phi) is 4.25. The average molecular weight is 337 g/mol. The highest BCUT2D eigenvalue weighted by atomic mass is 16.6. The van der Waals surface area contributed by atoms with Gasteiger partial charge < -0.3 is 9.88 Å². The molecule has 3 rings (SSSR count). The van der Waals surface area contributed by atoms with Crippen LogP contribution in [0.15, 0.2) is 48.8 Å². The van der Waals surface area contributed by atoms with Crippen LogP contribution in [0.4, 0.5) is 11.4 Å². The van der Waals surface area contributed by atoms with E-state index in [1.807, 2.05) is 12.1 Å². The second-order valence-corrected chi connectivity index (χ2v) is 5.52. The standard InChI is InChI=1S/C17H15N5O3/c1-11-7-8-12(22(24)25)9-14(11)17(23)19-15-6-4-3-5-13(15)16-20-18-10-21(16)2/h3-10H,1-2H3,(H,19,23). The molecule has 1 amide bonds.